The predicted molar refractivity (Wildman–Crippen MR) is 58.4 cm³/mol. The highest BCUT2D eigenvalue weighted by molar-refractivity contribution is 5.76. The van der Waals surface area contributed by atoms with Crippen LogP contribution in [0, 0.1) is 0 Å². The molecule has 0 aromatic rings. The first-order valence-electron chi connectivity index (χ1n) is 5.50. The minimum absolute atomic E-state index is 0.0621. The minimum Gasteiger partial charge on any atom is -0.395 e. The fourth-order valence-electron chi connectivity index (χ4n) is 1.77. The van der Waals surface area contributed by atoms with Crippen LogP contribution >= 0.6 is 0 Å². The van der Waals surface area contributed by atoms with Crippen molar-refractivity contribution in [2.75, 3.05) is 39.3 Å². The molecule has 1 heterocycles. The van der Waals surface area contributed by atoms with Crippen molar-refractivity contribution in [1.82, 2.24) is 9.80 Å². The molecule has 5 nitrogen and oxygen atoms in total. The van der Waals surface area contributed by atoms with Crippen molar-refractivity contribution in [3.8, 4) is 0 Å². The minimum atomic E-state index is -0.0621. The highest BCUT2D eigenvalue weighted by Gasteiger charge is 2.20. The van der Waals surface area contributed by atoms with Gasteiger partial charge in [0.15, 0.2) is 0 Å². The summed E-state index contributed by atoms with van der Waals surface area (Å²) in [4.78, 5) is 15.7. The smallest absolute Gasteiger partial charge is 0.224 e. The van der Waals surface area contributed by atoms with E-state index in [1.54, 1.807) is 0 Å². The largest absolute Gasteiger partial charge is 0.395 e. The van der Waals surface area contributed by atoms with E-state index in [0.717, 1.165) is 26.2 Å². The molecule has 0 aliphatic carbocycles. The molecule has 1 aliphatic rings. The van der Waals surface area contributed by atoms with Gasteiger partial charge in [0.1, 0.15) is 0 Å². The molecule has 0 bridgehead atoms. The first-order chi connectivity index (χ1) is 7.13. The number of piperazine rings is 1. The van der Waals surface area contributed by atoms with Gasteiger partial charge in [-0.1, -0.05) is 0 Å². The van der Waals surface area contributed by atoms with E-state index in [4.69, 9.17) is 10.8 Å². The normalized spacial score (nSPS) is 20.3. The lowest BCUT2D eigenvalue weighted by Crippen LogP contribution is -2.50. The first kappa shape index (κ1) is 12.4. The van der Waals surface area contributed by atoms with Gasteiger partial charge in [0, 0.05) is 45.2 Å². The molecule has 1 fully saturated rings. The summed E-state index contributed by atoms with van der Waals surface area (Å²) >= 11 is 0. The molecule has 0 radical (unpaired) electrons. The monoisotopic (exact) mass is 215 g/mol. The van der Waals surface area contributed by atoms with Crippen LogP contribution in [0.1, 0.15) is 13.3 Å². The first-order valence-corrected chi connectivity index (χ1v) is 5.50. The number of aliphatic hydroxyl groups excluding tert-OH is 1. The van der Waals surface area contributed by atoms with Gasteiger partial charge in [-0.25, -0.2) is 0 Å². The lowest BCUT2D eigenvalue weighted by atomic mass is 10.2. The topological polar surface area (TPSA) is 69.8 Å². The van der Waals surface area contributed by atoms with E-state index in [1.807, 2.05) is 11.8 Å². The summed E-state index contributed by atoms with van der Waals surface area (Å²) in [6.45, 7) is 5.95. The molecule has 0 aromatic heterocycles. The van der Waals surface area contributed by atoms with Crippen LogP contribution in [0.5, 0.6) is 0 Å². The number of amides is 1. The van der Waals surface area contributed by atoms with Crippen LogP contribution in [0.25, 0.3) is 0 Å². The van der Waals surface area contributed by atoms with E-state index in [0.29, 0.717) is 13.0 Å². The van der Waals surface area contributed by atoms with Crippen molar-refractivity contribution in [3.05, 3.63) is 0 Å². The Labute approximate surface area is 90.8 Å². The number of hydrogen-bond donors (Lipinski definition) is 2. The van der Waals surface area contributed by atoms with E-state index >= 15 is 0 Å². The van der Waals surface area contributed by atoms with E-state index in [1.165, 1.54) is 0 Å². The zero-order valence-corrected chi connectivity index (χ0v) is 9.35. The lowest BCUT2D eigenvalue weighted by molar-refractivity contribution is -0.133. The van der Waals surface area contributed by atoms with Gasteiger partial charge in [0.05, 0.1) is 6.61 Å². The number of rotatable bonds is 4. The van der Waals surface area contributed by atoms with Gasteiger partial charge in [-0.05, 0) is 6.92 Å². The Morgan fingerprint density at radius 2 is 2.00 bits per heavy atom. The highest BCUT2D eigenvalue weighted by atomic mass is 16.3. The number of carbonyl (C=O) groups is 1. The number of carbonyl (C=O) groups excluding carboxylic acids is 1. The van der Waals surface area contributed by atoms with Gasteiger partial charge < -0.3 is 15.7 Å². The maximum atomic E-state index is 11.7. The Morgan fingerprint density at radius 1 is 1.40 bits per heavy atom. The molecular formula is C10H21N3O2. The Morgan fingerprint density at radius 3 is 2.47 bits per heavy atom. The predicted octanol–water partition coefficient (Wildman–Crippen LogP) is -1.14. The summed E-state index contributed by atoms with van der Waals surface area (Å²) in [5.74, 6) is 0.147. The van der Waals surface area contributed by atoms with Crippen LogP contribution in [-0.2, 0) is 4.79 Å². The molecular weight excluding hydrogens is 194 g/mol. The van der Waals surface area contributed by atoms with Gasteiger partial charge in [-0.15, -0.1) is 0 Å². The number of nitrogens with two attached hydrogens (primary N) is 1. The molecule has 88 valence electrons. The van der Waals surface area contributed by atoms with Crippen molar-refractivity contribution in [2.24, 2.45) is 5.73 Å². The van der Waals surface area contributed by atoms with Crippen LogP contribution in [0.4, 0.5) is 0 Å². The van der Waals surface area contributed by atoms with Crippen molar-refractivity contribution in [2.45, 2.75) is 19.4 Å². The van der Waals surface area contributed by atoms with Crippen molar-refractivity contribution in [3.63, 3.8) is 0 Å². The standard InChI is InChI=1S/C10H21N3O2/c1-9(11)8-10(15)13-4-2-12(3-5-13)6-7-14/h9,14H,2-8,11H2,1H3. The zero-order valence-electron chi connectivity index (χ0n) is 9.35. The number of β-amino-alcohol motifs (C(OH)–C–C–N with tert-alkyl or cyclic N) is 1. The van der Waals surface area contributed by atoms with E-state index in [2.05, 4.69) is 4.90 Å². The summed E-state index contributed by atoms with van der Waals surface area (Å²) in [7, 11) is 0. The van der Waals surface area contributed by atoms with E-state index in [-0.39, 0.29) is 18.6 Å². The van der Waals surface area contributed by atoms with Crippen LogP contribution in [-0.4, -0.2) is 66.2 Å². The van der Waals surface area contributed by atoms with Gasteiger partial charge in [-0.3, -0.25) is 9.69 Å². The lowest BCUT2D eigenvalue weighted by Gasteiger charge is -2.34. The Bertz CT molecular complexity index is 201. The Kier molecular flexibility index (Phi) is 5.01. The van der Waals surface area contributed by atoms with Gasteiger partial charge in [-0.2, -0.15) is 0 Å². The molecule has 0 aromatic carbocycles. The van der Waals surface area contributed by atoms with Gasteiger partial charge in [0.25, 0.3) is 0 Å². The highest BCUT2D eigenvalue weighted by Crippen LogP contribution is 2.04. The van der Waals surface area contributed by atoms with Crippen LogP contribution < -0.4 is 5.73 Å². The summed E-state index contributed by atoms with van der Waals surface area (Å²) in [6.07, 6.45) is 0.431. The average molecular weight is 215 g/mol. The molecule has 1 unspecified atom stereocenters. The van der Waals surface area contributed by atoms with Gasteiger partial charge in [0.2, 0.25) is 5.91 Å². The SMILES string of the molecule is CC(N)CC(=O)N1CCN(CCO)CC1. The number of aliphatic hydroxyl groups is 1. The molecule has 1 amide bonds. The third kappa shape index (κ3) is 4.15. The molecule has 1 rings (SSSR count). The third-order valence-corrected chi connectivity index (χ3v) is 2.64. The van der Waals surface area contributed by atoms with Crippen molar-refractivity contribution in [1.29, 1.82) is 0 Å². The molecule has 0 saturated carbocycles. The summed E-state index contributed by atoms with van der Waals surface area (Å²) in [5, 5.41) is 8.77. The van der Waals surface area contributed by atoms with Crippen LogP contribution in [0.2, 0.25) is 0 Å². The fourth-order valence-corrected chi connectivity index (χ4v) is 1.77. The van der Waals surface area contributed by atoms with Crippen LogP contribution in [0.3, 0.4) is 0 Å². The molecule has 0 spiro atoms. The quantitative estimate of drug-likeness (QED) is 0.622. The Hall–Kier alpha value is -0.650. The van der Waals surface area contributed by atoms with E-state index in [9.17, 15) is 4.79 Å². The summed E-state index contributed by atoms with van der Waals surface area (Å²) < 4.78 is 0. The second-order valence-corrected chi connectivity index (χ2v) is 4.13. The van der Waals surface area contributed by atoms with Crippen molar-refractivity contribution >= 4 is 5.91 Å². The number of hydrogen-bond acceptors (Lipinski definition) is 4. The van der Waals surface area contributed by atoms with Gasteiger partial charge >= 0.3 is 0 Å². The summed E-state index contributed by atoms with van der Waals surface area (Å²) in [6, 6.07) is -0.0621. The van der Waals surface area contributed by atoms with Crippen LogP contribution in [0.15, 0.2) is 0 Å². The molecule has 3 N–H and O–H groups in total. The number of nitrogens with zero attached hydrogens (tertiary/aromatic N) is 2. The Balaban J connectivity index is 2.27. The van der Waals surface area contributed by atoms with Crippen molar-refractivity contribution < 1.29 is 9.90 Å². The molecule has 1 atom stereocenters. The zero-order chi connectivity index (χ0) is 11.3. The molecule has 5 heteroatoms. The summed E-state index contributed by atoms with van der Waals surface area (Å²) in [5.41, 5.74) is 5.58. The third-order valence-electron chi connectivity index (χ3n) is 2.64. The second kappa shape index (κ2) is 6.05. The maximum Gasteiger partial charge on any atom is 0.224 e. The average Bonchev–Trinajstić information content (AvgIpc) is 2.18. The second-order valence-electron chi connectivity index (χ2n) is 4.13. The van der Waals surface area contributed by atoms with E-state index < -0.39 is 0 Å². The molecule has 15 heavy (non-hydrogen) atoms. The molecule has 1 aliphatic heterocycles. The molecule has 1 saturated heterocycles. The fraction of sp³-hybridized carbons (Fsp3) is 0.900. The maximum absolute atomic E-state index is 11.7.